The molecule has 1 aliphatic carbocycles. The maximum atomic E-state index is 5.39. The van der Waals surface area contributed by atoms with Crippen molar-refractivity contribution in [3.8, 4) is 11.1 Å². The number of anilines is 2. The summed E-state index contributed by atoms with van der Waals surface area (Å²) in [7, 11) is 0. The van der Waals surface area contributed by atoms with Gasteiger partial charge in [-0.05, 0) is 97.3 Å². The van der Waals surface area contributed by atoms with Crippen molar-refractivity contribution in [1.29, 1.82) is 0 Å². The lowest BCUT2D eigenvalue weighted by Crippen LogP contribution is -2.28. The van der Waals surface area contributed by atoms with Gasteiger partial charge in [0.2, 0.25) is 0 Å². The van der Waals surface area contributed by atoms with Crippen molar-refractivity contribution in [2.24, 2.45) is 9.98 Å². The molecule has 3 heteroatoms. The van der Waals surface area contributed by atoms with Gasteiger partial charge in [-0.2, -0.15) is 0 Å². The molecule has 300 valence electrons. The molecule has 2 unspecified atom stereocenters. The number of hydrogen-bond donors (Lipinski definition) is 0. The second-order valence-corrected chi connectivity index (χ2v) is 16.4. The van der Waals surface area contributed by atoms with Crippen LogP contribution < -0.4 is 4.90 Å². The van der Waals surface area contributed by atoms with Crippen molar-refractivity contribution in [2.75, 3.05) is 4.90 Å². The van der Waals surface area contributed by atoms with Crippen molar-refractivity contribution < 1.29 is 0 Å². The van der Waals surface area contributed by atoms with Gasteiger partial charge in [0, 0.05) is 40.4 Å². The highest BCUT2D eigenvalue weighted by Crippen LogP contribution is 2.56. The van der Waals surface area contributed by atoms with Gasteiger partial charge in [-0.25, -0.2) is 0 Å². The van der Waals surface area contributed by atoms with Gasteiger partial charge in [-0.15, -0.1) is 0 Å². The minimum atomic E-state index is -0.184. The van der Waals surface area contributed by atoms with E-state index in [1.54, 1.807) is 0 Å². The molecule has 0 N–H and O–H groups in total. The summed E-state index contributed by atoms with van der Waals surface area (Å²) in [5.74, 6) is 0.250. The van der Waals surface area contributed by atoms with Gasteiger partial charge in [0.25, 0.3) is 0 Å². The van der Waals surface area contributed by atoms with Crippen molar-refractivity contribution in [3.05, 3.63) is 228 Å². The molecule has 0 saturated heterocycles. The van der Waals surface area contributed by atoms with Gasteiger partial charge in [-0.3, -0.25) is 9.98 Å². The van der Waals surface area contributed by atoms with E-state index in [4.69, 9.17) is 4.99 Å². The van der Waals surface area contributed by atoms with Crippen LogP contribution in [0.3, 0.4) is 0 Å². The number of nitrogens with zero attached hydrogens (tertiary/aromatic N) is 3. The third-order valence-corrected chi connectivity index (χ3v) is 11.9. The van der Waals surface area contributed by atoms with E-state index in [-0.39, 0.29) is 17.4 Å². The molecule has 3 nitrogen and oxygen atoms in total. The Labute approximate surface area is 358 Å². The third kappa shape index (κ3) is 8.44. The van der Waals surface area contributed by atoms with Crippen LogP contribution in [0, 0.1) is 13.8 Å². The molecule has 5 aromatic carbocycles. The van der Waals surface area contributed by atoms with E-state index in [9.17, 15) is 0 Å². The van der Waals surface area contributed by atoms with E-state index in [0.717, 1.165) is 34.7 Å². The van der Waals surface area contributed by atoms with Crippen molar-refractivity contribution >= 4 is 34.1 Å². The second-order valence-electron chi connectivity index (χ2n) is 16.4. The minimum absolute atomic E-state index is 0.184. The fourth-order valence-electron chi connectivity index (χ4n) is 8.64. The summed E-state index contributed by atoms with van der Waals surface area (Å²) in [6.07, 6.45) is 20.3. The van der Waals surface area contributed by atoms with Crippen molar-refractivity contribution in [2.45, 2.75) is 72.3 Å². The van der Waals surface area contributed by atoms with Crippen molar-refractivity contribution in [1.82, 2.24) is 0 Å². The number of aliphatic imine (C=N–C) groups is 2. The number of benzene rings is 5. The van der Waals surface area contributed by atoms with Crippen LogP contribution in [0.1, 0.15) is 80.3 Å². The maximum absolute atomic E-state index is 5.39. The molecule has 4 aliphatic rings. The normalized spacial score (nSPS) is 17.9. The van der Waals surface area contributed by atoms with Gasteiger partial charge < -0.3 is 4.90 Å². The molecule has 60 heavy (non-hydrogen) atoms. The summed E-state index contributed by atoms with van der Waals surface area (Å²) < 4.78 is 0. The summed E-state index contributed by atoms with van der Waals surface area (Å²) in [5, 5.41) is 0. The molecule has 5 aromatic rings. The maximum Gasteiger partial charge on any atom is 0.0734 e. The minimum Gasteiger partial charge on any atom is -0.333 e. The summed E-state index contributed by atoms with van der Waals surface area (Å²) >= 11 is 0. The molecule has 0 aromatic heterocycles. The number of fused-ring (bicyclic) bond motifs is 5. The van der Waals surface area contributed by atoms with Crippen LogP contribution >= 0.6 is 0 Å². The molecule has 0 amide bonds. The van der Waals surface area contributed by atoms with Gasteiger partial charge in [0.1, 0.15) is 0 Å². The molecule has 0 bridgehead atoms. The third-order valence-electron chi connectivity index (χ3n) is 11.9. The molecule has 0 saturated carbocycles. The molecule has 3 heterocycles. The Balaban J connectivity index is 0.000000210. The number of rotatable bonds is 7. The first-order valence-corrected chi connectivity index (χ1v) is 21.1. The molecule has 0 radical (unpaired) electrons. The molecule has 0 fully saturated rings. The lowest BCUT2D eigenvalue weighted by atomic mass is 9.77. The lowest BCUT2D eigenvalue weighted by molar-refractivity contribution is 0.732. The summed E-state index contributed by atoms with van der Waals surface area (Å²) in [6, 6.07) is 40.9. The van der Waals surface area contributed by atoms with Crippen LogP contribution in [0.5, 0.6) is 0 Å². The fraction of sp³-hybridized carbons (Fsp3) is 0.193. The first kappa shape index (κ1) is 41.6. The van der Waals surface area contributed by atoms with Crippen LogP contribution in [0.15, 0.2) is 204 Å². The average Bonchev–Trinajstić information content (AvgIpc) is 3.94. The Morgan fingerprint density at radius 3 is 2.12 bits per heavy atom. The highest BCUT2D eigenvalue weighted by molar-refractivity contribution is 6.14. The van der Waals surface area contributed by atoms with E-state index in [1.807, 2.05) is 62.4 Å². The fourth-order valence-corrected chi connectivity index (χ4v) is 8.64. The van der Waals surface area contributed by atoms with Gasteiger partial charge in [0.05, 0.1) is 23.2 Å². The number of aryl methyl sites for hydroxylation is 2. The van der Waals surface area contributed by atoms with Gasteiger partial charge >= 0.3 is 0 Å². The molecule has 3 aliphatic heterocycles. The Hall–Kier alpha value is -6.58. The standard InChI is InChI=1S/C37H36N2.C11H11N.C9H10/c1-7-9-15-26(8-2)36-37(5,6)31-21-22-33-34(35(31)38-36)29-17-12-13-18-32(29)39(33)27-20-19-25(4)30(23-27)28-16-11-10-14-24(28)3;1-9-7-8-11(12-9)10-5-3-2-4-6-10;1-8(2)9-6-4-3-5-7-9/h7-23,29,32H,1H2,2-6H3;2-7H,8H2,1H3;3-7H,1H2,2H3/b15-9-,26-8+;;. The molecular weight excluding hydrogens is 727 g/mol. The Morgan fingerprint density at radius 2 is 1.47 bits per heavy atom. The van der Waals surface area contributed by atoms with Crippen LogP contribution in [-0.2, 0) is 5.41 Å². The van der Waals surface area contributed by atoms with Gasteiger partial charge in [0.15, 0.2) is 0 Å². The Morgan fingerprint density at radius 1 is 0.783 bits per heavy atom. The summed E-state index contributed by atoms with van der Waals surface area (Å²) in [6.45, 7) is 22.8. The highest BCUT2D eigenvalue weighted by atomic mass is 15.2. The largest absolute Gasteiger partial charge is 0.333 e. The van der Waals surface area contributed by atoms with Crippen LogP contribution in [-0.4, -0.2) is 17.5 Å². The predicted octanol–water partition coefficient (Wildman–Crippen LogP) is 15.3. The Bertz CT molecular complexity index is 2620. The highest BCUT2D eigenvalue weighted by Gasteiger charge is 2.45. The monoisotopic (exact) mass is 783 g/mol. The average molecular weight is 784 g/mol. The topological polar surface area (TPSA) is 28.0 Å². The van der Waals surface area contributed by atoms with Crippen LogP contribution in [0.4, 0.5) is 17.1 Å². The van der Waals surface area contributed by atoms with E-state index in [0.29, 0.717) is 0 Å². The zero-order chi connectivity index (χ0) is 42.4. The summed E-state index contributed by atoms with van der Waals surface area (Å²) in [4.78, 5) is 12.3. The zero-order valence-corrected chi connectivity index (χ0v) is 36.3. The van der Waals surface area contributed by atoms with E-state index < -0.39 is 0 Å². The molecule has 9 rings (SSSR count). The van der Waals surface area contributed by atoms with Gasteiger partial charge in [-0.1, -0.05) is 184 Å². The quantitative estimate of drug-likeness (QED) is 0.151. The number of hydrogen-bond acceptors (Lipinski definition) is 3. The summed E-state index contributed by atoms with van der Waals surface area (Å²) in [5.41, 5.74) is 19.4. The smallest absolute Gasteiger partial charge is 0.0734 e. The SMILES string of the molecule is C=C(C)c1ccccc1.C=C/C=C\C(=C/C)C1=Nc2c(ccc3c2C2C=CC=CC2N3c2ccc(C)c(-c3ccccc3C)c2)C1(C)C.CC1=CCC(c2ccccc2)=N1. The first-order chi connectivity index (χ1) is 29.0. The molecule has 0 spiro atoms. The van der Waals surface area contributed by atoms with E-state index >= 15 is 0 Å². The number of allylic oxidation sites excluding steroid dienone is 10. The van der Waals surface area contributed by atoms with Crippen molar-refractivity contribution in [3.63, 3.8) is 0 Å². The molecule has 2 atom stereocenters. The van der Waals surface area contributed by atoms with E-state index in [1.165, 1.54) is 61.6 Å². The first-order valence-electron chi connectivity index (χ1n) is 21.1. The predicted molar refractivity (Wildman–Crippen MR) is 260 cm³/mol. The van der Waals surface area contributed by atoms with Crippen LogP contribution in [0.2, 0.25) is 0 Å². The molecular formula is C57H57N3. The van der Waals surface area contributed by atoms with Crippen LogP contribution in [0.25, 0.3) is 16.7 Å². The Kier molecular flexibility index (Phi) is 12.6. The second kappa shape index (κ2) is 18.1. The lowest BCUT2D eigenvalue weighted by Gasteiger charge is -2.29. The zero-order valence-electron chi connectivity index (χ0n) is 36.3. The van der Waals surface area contributed by atoms with E-state index in [2.05, 4.69) is 179 Å².